The van der Waals surface area contributed by atoms with E-state index in [4.69, 9.17) is 10.7 Å². The van der Waals surface area contributed by atoms with Gasteiger partial charge in [0, 0.05) is 17.4 Å². The second-order valence-electron chi connectivity index (χ2n) is 5.26. The van der Waals surface area contributed by atoms with Gasteiger partial charge in [0.2, 0.25) is 0 Å². The van der Waals surface area contributed by atoms with Gasteiger partial charge in [-0.05, 0) is 38.6 Å². The molecule has 0 spiro atoms. The van der Waals surface area contributed by atoms with Crippen LogP contribution in [0.15, 0.2) is 4.79 Å². The van der Waals surface area contributed by atoms with E-state index >= 15 is 0 Å². The fraction of sp³-hybridized carbons (Fsp3) is 0.692. The van der Waals surface area contributed by atoms with E-state index in [1.807, 2.05) is 0 Å². The van der Waals surface area contributed by atoms with E-state index in [0.29, 0.717) is 24.8 Å². The Morgan fingerprint density at radius 2 is 2.00 bits per heavy atom. The van der Waals surface area contributed by atoms with Crippen LogP contribution in [-0.2, 0) is 6.42 Å². The topological polar surface area (TPSA) is 71.8 Å². The summed E-state index contributed by atoms with van der Waals surface area (Å²) < 4.78 is 0. The van der Waals surface area contributed by atoms with Gasteiger partial charge in [0.25, 0.3) is 5.56 Å². The van der Waals surface area contributed by atoms with E-state index in [2.05, 4.69) is 4.98 Å². The molecule has 2 aliphatic carbocycles. The molecule has 0 aromatic carbocycles. The number of rotatable bonds is 4. The SMILES string of the molecule is NCCc1c(C2CC2)nc(C2CCC2)[nH]c1=O. The van der Waals surface area contributed by atoms with Gasteiger partial charge in [-0.15, -0.1) is 0 Å². The summed E-state index contributed by atoms with van der Waals surface area (Å²) in [6, 6.07) is 0. The minimum atomic E-state index is 0.0502. The molecule has 17 heavy (non-hydrogen) atoms. The third kappa shape index (κ3) is 2.02. The summed E-state index contributed by atoms with van der Waals surface area (Å²) in [5.41, 5.74) is 7.50. The normalized spacial score (nSPS) is 20.3. The van der Waals surface area contributed by atoms with Crippen molar-refractivity contribution >= 4 is 0 Å². The van der Waals surface area contributed by atoms with Gasteiger partial charge in [0.15, 0.2) is 0 Å². The zero-order valence-electron chi connectivity index (χ0n) is 10.0. The molecule has 0 bridgehead atoms. The van der Waals surface area contributed by atoms with Crippen LogP contribution >= 0.6 is 0 Å². The average molecular weight is 233 g/mol. The van der Waals surface area contributed by atoms with E-state index in [-0.39, 0.29) is 5.56 Å². The molecule has 0 aliphatic heterocycles. The van der Waals surface area contributed by atoms with Crippen LogP contribution in [-0.4, -0.2) is 16.5 Å². The molecule has 2 fully saturated rings. The van der Waals surface area contributed by atoms with Crippen molar-refractivity contribution in [3.05, 3.63) is 27.4 Å². The Bertz CT molecular complexity index is 472. The van der Waals surface area contributed by atoms with E-state index in [1.54, 1.807) is 0 Å². The van der Waals surface area contributed by atoms with E-state index in [1.165, 1.54) is 32.1 Å². The maximum absolute atomic E-state index is 12.1. The Balaban J connectivity index is 2.00. The standard InChI is InChI=1S/C13H19N3O/c14-7-6-10-11(8-4-5-8)15-12(16-13(10)17)9-2-1-3-9/h8-9H,1-7,14H2,(H,15,16,17). The van der Waals surface area contributed by atoms with Gasteiger partial charge >= 0.3 is 0 Å². The summed E-state index contributed by atoms with van der Waals surface area (Å²) in [4.78, 5) is 19.8. The third-order valence-corrected chi connectivity index (χ3v) is 3.92. The van der Waals surface area contributed by atoms with Gasteiger partial charge in [0.1, 0.15) is 5.82 Å². The fourth-order valence-electron chi connectivity index (χ4n) is 2.49. The first-order valence-corrected chi connectivity index (χ1v) is 6.62. The molecular weight excluding hydrogens is 214 g/mol. The first-order valence-electron chi connectivity index (χ1n) is 6.62. The molecule has 0 saturated heterocycles. The lowest BCUT2D eigenvalue weighted by Gasteiger charge is -2.25. The Morgan fingerprint density at radius 1 is 1.24 bits per heavy atom. The Labute approximate surface area is 101 Å². The highest BCUT2D eigenvalue weighted by Gasteiger charge is 2.31. The van der Waals surface area contributed by atoms with Crippen LogP contribution in [0.4, 0.5) is 0 Å². The van der Waals surface area contributed by atoms with Gasteiger partial charge in [-0.2, -0.15) is 0 Å². The smallest absolute Gasteiger partial charge is 0.254 e. The molecule has 3 N–H and O–H groups in total. The van der Waals surface area contributed by atoms with Gasteiger partial charge in [-0.25, -0.2) is 4.98 Å². The van der Waals surface area contributed by atoms with Crippen molar-refractivity contribution in [3.8, 4) is 0 Å². The molecule has 92 valence electrons. The second-order valence-corrected chi connectivity index (χ2v) is 5.26. The number of nitrogens with two attached hydrogens (primary N) is 1. The number of nitrogens with one attached hydrogen (secondary N) is 1. The van der Waals surface area contributed by atoms with E-state index in [0.717, 1.165) is 17.1 Å². The molecule has 0 radical (unpaired) electrons. The van der Waals surface area contributed by atoms with Crippen LogP contribution in [0.25, 0.3) is 0 Å². The number of aromatic nitrogens is 2. The maximum atomic E-state index is 12.1. The Morgan fingerprint density at radius 3 is 2.53 bits per heavy atom. The molecule has 4 heteroatoms. The molecule has 2 saturated carbocycles. The summed E-state index contributed by atoms with van der Waals surface area (Å²) in [6.45, 7) is 0.521. The van der Waals surface area contributed by atoms with Crippen molar-refractivity contribution in [2.75, 3.05) is 6.54 Å². The van der Waals surface area contributed by atoms with E-state index in [9.17, 15) is 4.79 Å². The number of nitrogens with zero attached hydrogens (tertiary/aromatic N) is 1. The fourth-order valence-corrected chi connectivity index (χ4v) is 2.49. The zero-order chi connectivity index (χ0) is 11.8. The third-order valence-electron chi connectivity index (χ3n) is 3.92. The van der Waals surface area contributed by atoms with Crippen LogP contribution in [0.1, 0.15) is 61.0 Å². The van der Waals surface area contributed by atoms with Crippen LogP contribution < -0.4 is 11.3 Å². The molecule has 2 aliphatic rings. The lowest BCUT2D eigenvalue weighted by atomic mass is 9.84. The maximum Gasteiger partial charge on any atom is 0.254 e. The summed E-state index contributed by atoms with van der Waals surface area (Å²) in [6.07, 6.45) is 6.61. The van der Waals surface area contributed by atoms with Crippen molar-refractivity contribution in [3.63, 3.8) is 0 Å². The molecule has 3 rings (SSSR count). The van der Waals surface area contributed by atoms with Crippen LogP contribution in [0, 0.1) is 0 Å². The molecule has 1 heterocycles. The summed E-state index contributed by atoms with van der Waals surface area (Å²) in [5, 5.41) is 0. The largest absolute Gasteiger partial charge is 0.330 e. The first-order chi connectivity index (χ1) is 8.29. The van der Waals surface area contributed by atoms with Crippen LogP contribution in [0.2, 0.25) is 0 Å². The predicted octanol–water partition coefficient (Wildman–Crippen LogP) is 1.42. The highest BCUT2D eigenvalue weighted by molar-refractivity contribution is 5.26. The highest BCUT2D eigenvalue weighted by Crippen LogP contribution is 2.41. The average Bonchev–Trinajstić information content (AvgIpc) is 3.02. The van der Waals surface area contributed by atoms with Crippen LogP contribution in [0.5, 0.6) is 0 Å². The minimum absolute atomic E-state index is 0.0502. The summed E-state index contributed by atoms with van der Waals surface area (Å²) in [7, 11) is 0. The zero-order valence-corrected chi connectivity index (χ0v) is 10.0. The predicted molar refractivity (Wildman–Crippen MR) is 66.2 cm³/mol. The highest BCUT2D eigenvalue weighted by atomic mass is 16.1. The second kappa shape index (κ2) is 4.26. The molecular formula is C13H19N3O. The molecule has 4 nitrogen and oxygen atoms in total. The van der Waals surface area contributed by atoms with Crippen molar-refractivity contribution < 1.29 is 0 Å². The minimum Gasteiger partial charge on any atom is -0.330 e. The number of hydrogen-bond donors (Lipinski definition) is 2. The molecule has 1 aromatic heterocycles. The molecule has 0 atom stereocenters. The Kier molecular flexibility index (Phi) is 2.74. The lowest BCUT2D eigenvalue weighted by Crippen LogP contribution is -2.25. The number of aromatic amines is 1. The summed E-state index contributed by atoms with van der Waals surface area (Å²) in [5.74, 6) is 1.94. The van der Waals surface area contributed by atoms with Crippen molar-refractivity contribution in [2.45, 2.75) is 50.4 Å². The van der Waals surface area contributed by atoms with Gasteiger partial charge < -0.3 is 10.7 Å². The quantitative estimate of drug-likeness (QED) is 0.826. The molecule has 0 amide bonds. The van der Waals surface area contributed by atoms with Gasteiger partial charge in [0.05, 0.1) is 5.69 Å². The summed E-state index contributed by atoms with van der Waals surface area (Å²) >= 11 is 0. The van der Waals surface area contributed by atoms with Gasteiger partial charge in [-0.1, -0.05) is 6.42 Å². The number of H-pyrrole nitrogens is 1. The molecule has 0 unspecified atom stereocenters. The first kappa shape index (κ1) is 11.0. The van der Waals surface area contributed by atoms with Crippen molar-refractivity contribution in [1.29, 1.82) is 0 Å². The Hall–Kier alpha value is -1.16. The van der Waals surface area contributed by atoms with Crippen LogP contribution in [0.3, 0.4) is 0 Å². The van der Waals surface area contributed by atoms with Gasteiger partial charge in [-0.3, -0.25) is 4.79 Å². The van der Waals surface area contributed by atoms with E-state index < -0.39 is 0 Å². The van der Waals surface area contributed by atoms with Crippen molar-refractivity contribution in [2.24, 2.45) is 5.73 Å². The number of hydrogen-bond acceptors (Lipinski definition) is 3. The lowest BCUT2D eigenvalue weighted by molar-refractivity contribution is 0.399. The van der Waals surface area contributed by atoms with Crippen molar-refractivity contribution in [1.82, 2.24) is 9.97 Å². The monoisotopic (exact) mass is 233 g/mol. The molecule has 1 aromatic rings.